The first kappa shape index (κ1) is 21.7. The van der Waals surface area contributed by atoms with E-state index in [9.17, 15) is 4.79 Å². The molecule has 1 amide bonds. The van der Waals surface area contributed by atoms with Crippen LogP contribution >= 0.6 is 0 Å². The minimum absolute atomic E-state index is 0.184. The minimum Gasteiger partial charge on any atom is -0.444 e. The number of hydrogen-bond acceptors (Lipinski definition) is 6. The van der Waals surface area contributed by atoms with E-state index in [1.807, 2.05) is 45.5 Å². The van der Waals surface area contributed by atoms with Crippen LogP contribution in [0.2, 0.25) is 0 Å². The van der Waals surface area contributed by atoms with Gasteiger partial charge >= 0.3 is 6.09 Å². The van der Waals surface area contributed by atoms with Crippen molar-refractivity contribution in [2.45, 2.75) is 72.2 Å². The molecule has 0 radical (unpaired) electrons. The lowest BCUT2D eigenvalue weighted by atomic mass is 10.0. The van der Waals surface area contributed by atoms with Gasteiger partial charge in [-0.15, -0.1) is 0 Å². The zero-order valence-corrected chi connectivity index (χ0v) is 18.3. The Labute approximate surface area is 176 Å². The van der Waals surface area contributed by atoms with Crippen LogP contribution in [0.1, 0.15) is 51.8 Å². The van der Waals surface area contributed by atoms with Crippen molar-refractivity contribution in [2.24, 2.45) is 5.11 Å². The molecule has 162 valence electrons. The van der Waals surface area contributed by atoms with Crippen LogP contribution < -0.4 is 5.32 Å². The maximum Gasteiger partial charge on any atom is 0.410 e. The molecular formula is C20H30N8O2. The highest BCUT2D eigenvalue weighted by molar-refractivity contribution is 5.91. The summed E-state index contributed by atoms with van der Waals surface area (Å²) in [6.45, 7) is 11.8. The number of nitrogens with zero attached hydrogens (tertiary/aromatic N) is 7. The number of aromatic nitrogens is 3. The highest BCUT2D eigenvalue weighted by atomic mass is 16.6. The minimum atomic E-state index is -0.498. The first-order valence-corrected chi connectivity index (χ1v) is 10.3. The van der Waals surface area contributed by atoms with E-state index in [4.69, 9.17) is 15.3 Å². The van der Waals surface area contributed by atoms with Gasteiger partial charge in [-0.3, -0.25) is 0 Å². The third kappa shape index (κ3) is 4.76. The lowest BCUT2D eigenvalue weighted by Gasteiger charge is -2.34. The largest absolute Gasteiger partial charge is 0.444 e. The molecule has 10 nitrogen and oxygen atoms in total. The van der Waals surface area contributed by atoms with Gasteiger partial charge < -0.3 is 15.0 Å². The number of amides is 1. The van der Waals surface area contributed by atoms with Gasteiger partial charge in [0, 0.05) is 41.8 Å². The monoisotopic (exact) mass is 414 g/mol. The summed E-state index contributed by atoms with van der Waals surface area (Å²) in [5.41, 5.74) is 11.7. The van der Waals surface area contributed by atoms with Crippen LogP contribution in [0.4, 0.5) is 10.5 Å². The number of aryl methyl sites for hydroxylation is 2. The fourth-order valence-electron chi connectivity index (χ4n) is 3.67. The lowest BCUT2D eigenvalue weighted by Crippen LogP contribution is -2.44. The summed E-state index contributed by atoms with van der Waals surface area (Å²) in [5.74, 6) is 0. The number of likely N-dealkylation sites (tertiary alicyclic amines) is 1. The van der Waals surface area contributed by atoms with E-state index < -0.39 is 5.60 Å². The Morgan fingerprint density at radius 2 is 2.10 bits per heavy atom. The molecule has 0 atom stereocenters. The summed E-state index contributed by atoms with van der Waals surface area (Å²) < 4.78 is 7.34. The number of pyridine rings is 1. The van der Waals surface area contributed by atoms with Crippen LogP contribution in [0.5, 0.6) is 0 Å². The highest BCUT2D eigenvalue weighted by Gasteiger charge is 2.28. The van der Waals surface area contributed by atoms with Gasteiger partial charge in [-0.05, 0) is 53.0 Å². The number of anilines is 1. The Morgan fingerprint density at radius 3 is 2.70 bits per heavy atom. The van der Waals surface area contributed by atoms with E-state index in [2.05, 4.69) is 20.4 Å². The van der Waals surface area contributed by atoms with Crippen LogP contribution in [0.3, 0.4) is 0 Å². The summed E-state index contributed by atoms with van der Waals surface area (Å²) in [4.78, 5) is 21.7. The normalized spacial score (nSPS) is 15.2. The van der Waals surface area contributed by atoms with E-state index in [0.717, 1.165) is 47.4 Å². The molecule has 30 heavy (non-hydrogen) atoms. The number of ether oxygens (including phenoxy) is 1. The molecule has 0 unspecified atom stereocenters. The second kappa shape index (κ2) is 8.79. The molecule has 3 rings (SSSR count). The molecule has 3 heterocycles. The number of fused-ring (bicyclic) bond motifs is 1. The molecule has 1 saturated heterocycles. The Bertz CT molecular complexity index is 963. The van der Waals surface area contributed by atoms with Crippen molar-refractivity contribution in [2.75, 3.05) is 18.4 Å². The topological polar surface area (TPSA) is 121 Å². The van der Waals surface area contributed by atoms with Crippen molar-refractivity contribution in [3.05, 3.63) is 27.9 Å². The van der Waals surface area contributed by atoms with Crippen molar-refractivity contribution in [3.8, 4) is 0 Å². The van der Waals surface area contributed by atoms with E-state index in [-0.39, 0.29) is 18.7 Å². The summed E-state index contributed by atoms with van der Waals surface area (Å²) >= 11 is 0. The molecule has 2 aromatic rings. The molecule has 1 aliphatic rings. The van der Waals surface area contributed by atoms with Crippen molar-refractivity contribution in [1.29, 1.82) is 0 Å². The van der Waals surface area contributed by atoms with E-state index in [0.29, 0.717) is 13.1 Å². The van der Waals surface area contributed by atoms with Crippen molar-refractivity contribution < 1.29 is 9.53 Å². The predicted octanol–water partition coefficient (Wildman–Crippen LogP) is 4.38. The van der Waals surface area contributed by atoms with E-state index >= 15 is 0 Å². The van der Waals surface area contributed by atoms with Gasteiger partial charge in [0.05, 0.1) is 23.8 Å². The second-order valence-corrected chi connectivity index (χ2v) is 8.52. The standard InChI is InChI=1S/C20H30N8O2/c1-6-28-18-16(12-23-28)17(15(11-22-26-21)13(2)24-18)25-14-7-9-27(10-8-14)19(29)30-20(3,4)5/h12,14H,6-11H2,1-5H3,(H,24,25). The van der Waals surface area contributed by atoms with Gasteiger partial charge in [-0.25, -0.2) is 14.5 Å². The SMILES string of the molecule is CCn1ncc2c(NC3CCN(C(=O)OC(C)(C)C)CC3)c(CN=[N+]=[N-])c(C)nc21. The molecule has 1 aliphatic heterocycles. The fraction of sp³-hybridized carbons (Fsp3) is 0.650. The van der Waals surface area contributed by atoms with Gasteiger partial charge in [0.1, 0.15) is 5.60 Å². The smallest absolute Gasteiger partial charge is 0.410 e. The number of piperidine rings is 1. The summed E-state index contributed by atoms with van der Waals surface area (Å²) in [7, 11) is 0. The maximum atomic E-state index is 12.3. The van der Waals surface area contributed by atoms with Crippen LogP contribution in [-0.2, 0) is 17.8 Å². The molecule has 2 aromatic heterocycles. The number of azide groups is 1. The summed E-state index contributed by atoms with van der Waals surface area (Å²) in [5, 5.41) is 12.8. The molecular weight excluding hydrogens is 384 g/mol. The van der Waals surface area contributed by atoms with Gasteiger partial charge in [-0.2, -0.15) is 5.10 Å². The van der Waals surface area contributed by atoms with E-state index in [1.165, 1.54) is 0 Å². The van der Waals surface area contributed by atoms with Gasteiger partial charge in [0.25, 0.3) is 0 Å². The molecule has 0 aliphatic carbocycles. The first-order chi connectivity index (χ1) is 14.2. The average molecular weight is 415 g/mol. The van der Waals surface area contributed by atoms with Gasteiger partial charge in [-0.1, -0.05) is 5.11 Å². The zero-order chi connectivity index (χ0) is 21.9. The Balaban J connectivity index is 1.81. The zero-order valence-electron chi connectivity index (χ0n) is 18.3. The molecule has 0 aromatic carbocycles. The molecule has 10 heteroatoms. The molecule has 0 spiro atoms. The third-order valence-electron chi connectivity index (χ3n) is 5.18. The quantitative estimate of drug-likeness (QED) is 0.442. The second-order valence-electron chi connectivity index (χ2n) is 8.52. The highest BCUT2D eigenvalue weighted by Crippen LogP contribution is 2.31. The average Bonchev–Trinajstić information content (AvgIpc) is 3.09. The van der Waals surface area contributed by atoms with E-state index in [1.54, 1.807) is 4.90 Å². The van der Waals surface area contributed by atoms with Crippen molar-refractivity contribution in [1.82, 2.24) is 19.7 Å². The molecule has 1 N–H and O–H groups in total. The number of rotatable bonds is 5. The Kier molecular flexibility index (Phi) is 6.36. The molecule has 1 fully saturated rings. The number of nitrogens with one attached hydrogen (secondary N) is 1. The van der Waals surface area contributed by atoms with Crippen LogP contribution in [0.25, 0.3) is 21.5 Å². The number of hydrogen-bond donors (Lipinski definition) is 1. The first-order valence-electron chi connectivity index (χ1n) is 10.3. The fourth-order valence-corrected chi connectivity index (χ4v) is 3.67. The molecule has 0 bridgehead atoms. The Morgan fingerprint density at radius 1 is 1.40 bits per heavy atom. The molecule has 0 saturated carbocycles. The predicted molar refractivity (Wildman–Crippen MR) is 115 cm³/mol. The third-order valence-corrected chi connectivity index (χ3v) is 5.18. The number of carbonyl (C=O) groups is 1. The summed E-state index contributed by atoms with van der Waals surface area (Å²) in [6.07, 6.45) is 3.13. The van der Waals surface area contributed by atoms with Crippen LogP contribution in [0.15, 0.2) is 11.3 Å². The summed E-state index contributed by atoms with van der Waals surface area (Å²) in [6, 6.07) is 0.184. The number of carbonyl (C=O) groups excluding carboxylic acids is 1. The lowest BCUT2D eigenvalue weighted by molar-refractivity contribution is 0.0210. The van der Waals surface area contributed by atoms with Crippen LogP contribution in [0, 0.1) is 6.92 Å². The van der Waals surface area contributed by atoms with Crippen molar-refractivity contribution in [3.63, 3.8) is 0 Å². The van der Waals surface area contributed by atoms with Crippen LogP contribution in [-0.4, -0.2) is 50.5 Å². The van der Waals surface area contributed by atoms with Gasteiger partial charge in [0.2, 0.25) is 0 Å². The Hall–Kier alpha value is -3.00. The van der Waals surface area contributed by atoms with Crippen molar-refractivity contribution >= 4 is 22.8 Å². The van der Waals surface area contributed by atoms with Gasteiger partial charge in [0.15, 0.2) is 5.65 Å². The maximum absolute atomic E-state index is 12.3.